The van der Waals surface area contributed by atoms with Crippen molar-refractivity contribution < 1.29 is 9.53 Å². The zero-order valence-corrected chi connectivity index (χ0v) is 13.3. The van der Waals surface area contributed by atoms with Crippen molar-refractivity contribution >= 4 is 5.97 Å². The second-order valence-electron chi connectivity index (χ2n) is 6.27. The highest BCUT2D eigenvalue weighted by Crippen LogP contribution is 2.32. The number of hydrogen-bond acceptors (Lipinski definition) is 3. The smallest absolute Gasteiger partial charge is 0.314 e. The zero-order valence-electron chi connectivity index (χ0n) is 13.3. The van der Waals surface area contributed by atoms with E-state index in [0.29, 0.717) is 5.75 Å². The molecule has 0 bridgehead atoms. The maximum absolute atomic E-state index is 12.2. The number of rotatable bonds is 6. The fourth-order valence-electron chi connectivity index (χ4n) is 3.08. The monoisotopic (exact) mass is 289 g/mol. The van der Waals surface area contributed by atoms with Crippen LogP contribution in [0, 0.1) is 18.8 Å². The van der Waals surface area contributed by atoms with Gasteiger partial charge < -0.3 is 4.74 Å². The molecule has 0 saturated heterocycles. The Morgan fingerprint density at radius 2 is 2.00 bits per heavy atom. The summed E-state index contributed by atoms with van der Waals surface area (Å²) >= 11 is 0. The van der Waals surface area contributed by atoms with E-state index in [1.807, 2.05) is 19.1 Å². The highest BCUT2D eigenvalue weighted by Gasteiger charge is 2.27. The normalized spacial score (nSPS) is 22.0. The molecule has 0 spiro atoms. The molecule has 1 aliphatic carbocycles. The summed E-state index contributed by atoms with van der Waals surface area (Å²) in [6, 6.07) is 3.68. The van der Waals surface area contributed by atoms with E-state index in [-0.39, 0.29) is 11.9 Å². The van der Waals surface area contributed by atoms with Crippen molar-refractivity contribution in [3.05, 3.63) is 24.0 Å². The number of aromatic nitrogens is 1. The first-order valence-electron chi connectivity index (χ1n) is 8.33. The van der Waals surface area contributed by atoms with E-state index in [0.717, 1.165) is 24.5 Å². The van der Waals surface area contributed by atoms with E-state index < -0.39 is 0 Å². The molecule has 0 N–H and O–H groups in total. The Bertz CT molecular complexity index is 433. The number of unbranched alkanes of at least 4 members (excludes halogenated alkanes) is 2. The van der Waals surface area contributed by atoms with E-state index in [4.69, 9.17) is 4.74 Å². The molecule has 116 valence electrons. The fourth-order valence-corrected chi connectivity index (χ4v) is 3.08. The van der Waals surface area contributed by atoms with Crippen LogP contribution in [0.4, 0.5) is 0 Å². The van der Waals surface area contributed by atoms with Crippen LogP contribution in [0.15, 0.2) is 18.3 Å². The first-order chi connectivity index (χ1) is 10.2. The van der Waals surface area contributed by atoms with Crippen molar-refractivity contribution in [3.8, 4) is 5.75 Å². The predicted molar refractivity (Wildman–Crippen MR) is 84.2 cm³/mol. The molecule has 1 aromatic rings. The molecule has 0 aliphatic heterocycles. The first-order valence-corrected chi connectivity index (χ1v) is 8.33. The van der Waals surface area contributed by atoms with Gasteiger partial charge in [0.2, 0.25) is 0 Å². The lowest BCUT2D eigenvalue weighted by atomic mass is 9.80. The number of pyridine rings is 1. The van der Waals surface area contributed by atoms with Gasteiger partial charge in [0, 0.05) is 5.69 Å². The van der Waals surface area contributed by atoms with Gasteiger partial charge in [-0.05, 0) is 50.7 Å². The Kier molecular flexibility index (Phi) is 6.21. The van der Waals surface area contributed by atoms with Crippen LogP contribution in [-0.2, 0) is 4.79 Å². The van der Waals surface area contributed by atoms with Crippen LogP contribution in [0.2, 0.25) is 0 Å². The van der Waals surface area contributed by atoms with Gasteiger partial charge in [0.15, 0.2) is 0 Å². The molecule has 0 amide bonds. The maximum atomic E-state index is 12.2. The summed E-state index contributed by atoms with van der Waals surface area (Å²) in [6.07, 6.45) is 11.2. The van der Waals surface area contributed by atoms with Crippen LogP contribution in [0.25, 0.3) is 0 Å². The Hall–Kier alpha value is -1.38. The van der Waals surface area contributed by atoms with Gasteiger partial charge in [-0.3, -0.25) is 9.78 Å². The number of carbonyl (C=O) groups excluding carboxylic acids is 1. The first kappa shape index (κ1) is 16.0. The molecule has 1 heterocycles. The third-order valence-electron chi connectivity index (χ3n) is 4.50. The second kappa shape index (κ2) is 8.16. The Morgan fingerprint density at radius 3 is 2.62 bits per heavy atom. The number of hydrogen-bond donors (Lipinski definition) is 0. The molecule has 0 radical (unpaired) electrons. The molecule has 2 rings (SSSR count). The molecule has 0 unspecified atom stereocenters. The van der Waals surface area contributed by atoms with Gasteiger partial charge >= 0.3 is 5.97 Å². The number of aryl methyl sites for hydroxylation is 1. The van der Waals surface area contributed by atoms with Gasteiger partial charge in [-0.1, -0.05) is 32.6 Å². The lowest BCUT2D eigenvalue weighted by Gasteiger charge is -2.27. The molecule has 3 heteroatoms. The van der Waals surface area contributed by atoms with Crippen LogP contribution in [0.1, 0.15) is 64.0 Å². The van der Waals surface area contributed by atoms with Crippen molar-refractivity contribution in [2.24, 2.45) is 11.8 Å². The summed E-state index contributed by atoms with van der Waals surface area (Å²) < 4.78 is 5.44. The Balaban J connectivity index is 1.74. The van der Waals surface area contributed by atoms with Crippen LogP contribution in [0.3, 0.4) is 0 Å². The lowest BCUT2D eigenvalue weighted by Crippen LogP contribution is -2.25. The second-order valence-corrected chi connectivity index (χ2v) is 6.27. The largest absolute Gasteiger partial charge is 0.425 e. The van der Waals surface area contributed by atoms with Crippen molar-refractivity contribution in [1.82, 2.24) is 4.98 Å². The number of nitrogens with zero attached hydrogens (tertiary/aromatic N) is 1. The van der Waals surface area contributed by atoms with Gasteiger partial charge in [0.1, 0.15) is 5.75 Å². The number of ether oxygens (including phenoxy) is 1. The summed E-state index contributed by atoms with van der Waals surface area (Å²) in [7, 11) is 0. The summed E-state index contributed by atoms with van der Waals surface area (Å²) in [5, 5.41) is 0. The van der Waals surface area contributed by atoms with E-state index in [1.165, 1.54) is 38.5 Å². The average Bonchev–Trinajstić information content (AvgIpc) is 2.50. The fraction of sp³-hybridized carbons (Fsp3) is 0.667. The van der Waals surface area contributed by atoms with Crippen molar-refractivity contribution in [3.63, 3.8) is 0 Å². The molecule has 3 nitrogen and oxygen atoms in total. The zero-order chi connectivity index (χ0) is 15.1. The topological polar surface area (TPSA) is 39.2 Å². The number of esters is 1. The minimum Gasteiger partial charge on any atom is -0.425 e. The Morgan fingerprint density at radius 1 is 1.24 bits per heavy atom. The van der Waals surface area contributed by atoms with Crippen LogP contribution < -0.4 is 4.74 Å². The third-order valence-corrected chi connectivity index (χ3v) is 4.50. The van der Waals surface area contributed by atoms with E-state index >= 15 is 0 Å². The van der Waals surface area contributed by atoms with Gasteiger partial charge in [-0.15, -0.1) is 0 Å². The lowest BCUT2D eigenvalue weighted by molar-refractivity contribution is -0.140. The van der Waals surface area contributed by atoms with Crippen LogP contribution in [0.5, 0.6) is 5.75 Å². The van der Waals surface area contributed by atoms with E-state index in [2.05, 4.69) is 11.9 Å². The standard InChI is InChI=1S/C18H27NO2/c1-3-4-5-6-15-8-10-16(11-9-15)18(20)21-17-12-7-14(2)19-13-17/h7,12-13,15-16H,3-6,8-11H2,1-2H3. The predicted octanol–water partition coefficient (Wildman–Crippen LogP) is 4.68. The van der Waals surface area contributed by atoms with Crippen LogP contribution in [-0.4, -0.2) is 11.0 Å². The molecule has 1 aromatic heterocycles. The summed E-state index contributed by atoms with van der Waals surface area (Å²) in [5.41, 5.74) is 0.933. The molecule has 0 aromatic carbocycles. The summed E-state index contributed by atoms with van der Waals surface area (Å²) in [6.45, 7) is 4.16. The van der Waals surface area contributed by atoms with Gasteiger partial charge in [-0.2, -0.15) is 0 Å². The summed E-state index contributed by atoms with van der Waals surface area (Å²) in [5.74, 6) is 1.39. The van der Waals surface area contributed by atoms with Crippen molar-refractivity contribution in [1.29, 1.82) is 0 Å². The highest BCUT2D eigenvalue weighted by molar-refractivity contribution is 5.75. The Labute approximate surface area is 128 Å². The molecule has 1 fully saturated rings. The van der Waals surface area contributed by atoms with Gasteiger partial charge in [0.25, 0.3) is 0 Å². The van der Waals surface area contributed by atoms with E-state index in [1.54, 1.807) is 6.20 Å². The number of carbonyl (C=O) groups is 1. The molecule has 0 atom stereocenters. The van der Waals surface area contributed by atoms with Crippen LogP contribution >= 0.6 is 0 Å². The highest BCUT2D eigenvalue weighted by atomic mass is 16.5. The quantitative estimate of drug-likeness (QED) is 0.563. The molecular weight excluding hydrogens is 262 g/mol. The molecule has 21 heavy (non-hydrogen) atoms. The molecule has 1 aliphatic rings. The van der Waals surface area contributed by atoms with E-state index in [9.17, 15) is 4.79 Å². The van der Waals surface area contributed by atoms with Crippen molar-refractivity contribution in [2.75, 3.05) is 0 Å². The SMILES string of the molecule is CCCCCC1CCC(C(=O)Oc2ccc(C)nc2)CC1. The van der Waals surface area contributed by atoms with Gasteiger partial charge in [0.05, 0.1) is 12.1 Å². The average molecular weight is 289 g/mol. The third kappa shape index (κ3) is 5.14. The minimum absolute atomic E-state index is 0.0762. The summed E-state index contributed by atoms with van der Waals surface area (Å²) in [4.78, 5) is 16.3. The maximum Gasteiger partial charge on any atom is 0.314 e. The molecule has 1 saturated carbocycles. The minimum atomic E-state index is -0.0762. The van der Waals surface area contributed by atoms with Crippen molar-refractivity contribution in [2.45, 2.75) is 65.2 Å². The van der Waals surface area contributed by atoms with Gasteiger partial charge in [-0.25, -0.2) is 0 Å². The molecular formula is C18H27NO2.